The predicted molar refractivity (Wildman–Crippen MR) is 103 cm³/mol. The molecule has 3 saturated heterocycles. The number of carbonyl (C=O) groups is 3. The van der Waals surface area contributed by atoms with Gasteiger partial charge in [-0.2, -0.15) is 0 Å². The van der Waals surface area contributed by atoms with Crippen LogP contribution in [0.5, 0.6) is 0 Å². The normalized spacial score (nSPS) is 32.4. The van der Waals surface area contributed by atoms with Crippen LogP contribution in [0.2, 0.25) is 5.02 Å². The highest BCUT2D eigenvalue weighted by molar-refractivity contribution is 6.30. The van der Waals surface area contributed by atoms with Crippen molar-refractivity contribution < 1.29 is 29.0 Å². The molecule has 0 saturated carbocycles. The largest absolute Gasteiger partial charge is 0.466 e. The van der Waals surface area contributed by atoms with Crippen LogP contribution >= 0.6 is 11.6 Å². The fraction of sp³-hybridized carbons (Fsp3) is 0.550. The number of hydrogen-bond acceptors (Lipinski definition) is 6. The van der Waals surface area contributed by atoms with Crippen LogP contribution in [-0.2, 0) is 23.9 Å². The Balaban J connectivity index is 1.67. The number of carbonyl (C=O) groups excluding carboxylic acids is 3. The van der Waals surface area contributed by atoms with Crippen molar-refractivity contribution in [2.45, 2.75) is 37.5 Å². The van der Waals surface area contributed by atoms with Gasteiger partial charge in [-0.1, -0.05) is 11.6 Å². The molecule has 0 aliphatic carbocycles. The summed E-state index contributed by atoms with van der Waals surface area (Å²) >= 11 is 5.90. The molecule has 2 N–H and O–H groups in total. The lowest BCUT2D eigenvalue weighted by Crippen LogP contribution is -2.53. The van der Waals surface area contributed by atoms with Crippen LogP contribution in [0.3, 0.4) is 0 Å². The third-order valence-electron chi connectivity index (χ3n) is 6.06. The van der Waals surface area contributed by atoms with Crippen LogP contribution < -0.4 is 5.32 Å². The number of fused-ring (bicyclic) bond motifs is 1. The van der Waals surface area contributed by atoms with Gasteiger partial charge in [0.1, 0.15) is 11.6 Å². The van der Waals surface area contributed by atoms with Gasteiger partial charge in [0, 0.05) is 17.3 Å². The summed E-state index contributed by atoms with van der Waals surface area (Å²) in [5.74, 6) is -2.75. The Morgan fingerprint density at radius 3 is 2.76 bits per heavy atom. The number of likely N-dealkylation sites (tertiary alicyclic amines) is 1. The van der Waals surface area contributed by atoms with Gasteiger partial charge in [0.2, 0.25) is 11.8 Å². The van der Waals surface area contributed by atoms with Crippen molar-refractivity contribution in [1.29, 1.82) is 0 Å². The van der Waals surface area contributed by atoms with Crippen LogP contribution in [-0.4, -0.2) is 65.3 Å². The summed E-state index contributed by atoms with van der Waals surface area (Å²) in [4.78, 5) is 40.3. The zero-order chi connectivity index (χ0) is 20.8. The minimum absolute atomic E-state index is 0.0145. The first kappa shape index (κ1) is 20.1. The smallest absolute Gasteiger partial charge is 0.312 e. The zero-order valence-electron chi connectivity index (χ0n) is 16.0. The van der Waals surface area contributed by atoms with Crippen LogP contribution in [0.25, 0.3) is 0 Å². The summed E-state index contributed by atoms with van der Waals surface area (Å²) in [6, 6.07) is 5.69. The number of aliphatic hydroxyl groups is 1. The predicted octanol–water partition coefficient (Wildman–Crippen LogP) is 1.21. The van der Waals surface area contributed by atoms with E-state index in [1.807, 2.05) is 0 Å². The summed E-state index contributed by atoms with van der Waals surface area (Å²) in [6.07, 6.45) is 0.625. The SMILES string of the molecule is CCOC(=O)[C@@H]1[C@H]2C(=O)N(CCO)[C@H](C(=O)Nc3ccc(Cl)cc3)[C@]23CC[C@H]1O3. The molecule has 2 bridgehead atoms. The Labute approximate surface area is 173 Å². The molecule has 156 valence electrons. The third-order valence-corrected chi connectivity index (χ3v) is 6.31. The highest BCUT2D eigenvalue weighted by Gasteiger charge is 2.74. The summed E-state index contributed by atoms with van der Waals surface area (Å²) in [6.45, 7) is 1.60. The minimum Gasteiger partial charge on any atom is -0.466 e. The monoisotopic (exact) mass is 422 g/mol. The van der Waals surface area contributed by atoms with Gasteiger partial charge in [-0.05, 0) is 44.0 Å². The van der Waals surface area contributed by atoms with Gasteiger partial charge in [-0.25, -0.2) is 0 Å². The van der Waals surface area contributed by atoms with E-state index in [9.17, 15) is 19.5 Å². The van der Waals surface area contributed by atoms with Gasteiger partial charge in [0.25, 0.3) is 0 Å². The number of nitrogens with one attached hydrogen (secondary N) is 1. The molecule has 3 fully saturated rings. The topological polar surface area (TPSA) is 105 Å². The van der Waals surface area contributed by atoms with Crippen molar-refractivity contribution in [3.8, 4) is 0 Å². The number of rotatable bonds is 6. The second-order valence-electron chi connectivity index (χ2n) is 7.56. The first-order chi connectivity index (χ1) is 13.9. The maximum absolute atomic E-state index is 13.2. The molecular formula is C20H23ClN2O6. The molecule has 1 aromatic carbocycles. The van der Waals surface area contributed by atoms with Crippen molar-refractivity contribution in [2.24, 2.45) is 11.8 Å². The second-order valence-corrected chi connectivity index (χ2v) is 8.00. The number of esters is 1. The highest BCUT2D eigenvalue weighted by atomic mass is 35.5. The summed E-state index contributed by atoms with van der Waals surface area (Å²) < 4.78 is 11.4. The van der Waals surface area contributed by atoms with Crippen molar-refractivity contribution in [3.05, 3.63) is 29.3 Å². The first-order valence-electron chi connectivity index (χ1n) is 9.75. The maximum atomic E-state index is 13.2. The number of halogens is 1. The summed E-state index contributed by atoms with van der Waals surface area (Å²) in [5, 5.41) is 12.8. The van der Waals surface area contributed by atoms with Crippen LogP contribution in [0.4, 0.5) is 5.69 Å². The lowest BCUT2D eigenvalue weighted by Gasteiger charge is -2.33. The number of aliphatic hydroxyl groups excluding tert-OH is 1. The lowest BCUT2D eigenvalue weighted by atomic mass is 9.71. The number of β-amino-alcohol motifs (C(OH)–C–C–N with tert-alkyl or cyclic N) is 1. The Bertz CT molecular complexity index is 831. The third kappa shape index (κ3) is 3.10. The van der Waals surface area contributed by atoms with E-state index >= 15 is 0 Å². The van der Waals surface area contributed by atoms with E-state index in [1.54, 1.807) is 31.2 Å². The fourth-order valence-electron chi connectivity index (χ4n) is 5.05. The van der Waals surface area contributed by atoms with E-state index in [0.717, 1.165) is 0 Å². The molecule has 1 aromatic rings. The summed E-state index contributed by atoms with van der Waals surface area (Å²) in [7, 11) is 0. The minimum atomic E-state index is -1.09. The Morgan fingerprint density at radius 1 is 1.38 bits per heavy atom. The van der Waals surface area contributed by atoms with Crippen molar-refractivity contribution >= 4 is 35.1 Å². The van der Waals surface area contributed by atoms with Crippen LogP contribution in [0.15, 0.2) is 24.3 Å². The molecule has 0 aromatic heterocycles. The van der Waals surface area contributed by atoms with Gasteiger partial charge in [0.05, 0.1) is 31.2 Å². The molecule has 1 spiro atoms. The highest BCUT2D eigenvalue weighted by Crippen LogP contribution is 2.58. The number of hydrogen-bond donors (Lipinski definition) is 2. The fourth-order valence-corrected chi connectivity index (χ4v) is 5.18. The van der Waals surface area contributed by atoms with Crippen LogP contribution in [0.1, 0.15) is 19.8 Å². The van der Waals surface area contributed by atoms with Crippen molar-refractivity contribution in [2.75, 3.05) is 25.1 Å². The molecule has 0 unspecified atom stereocenters. The average Bonchev–Trinajstić information content (AvgIpc) is 3.32. The number of anilines is 1. The number of nitrogens with zero attached hydrogens (tertiary/aromatic N) is 1. The maximum Gasteiger partial charge on any atom is 0.312 e. The standard InChI is InChI=1S/C20H23ClN2O6/c1-2-28-19(27)14-13-7-8-20(29-13)15(14)18(26)23(9-10-24)16(20)17(25)22-12-5-3-11(21)4-6-12/h3-6,13-16,24H,2,7-10H2,1H3,(H,22,25)/t13-,14+,15+,16-,20+/m1/s1. The van der Waals surface area contributed by atoms with Gasteiger partial charge < -0.3 is 24.8 Å². The quantitative estimate of drug-likeness (QED) is 0.667. The molecule has 29 heavy (non-hydrogen) atoms. The first-order valence-corrected chi connectivity index (χ1v) is 10.1. The van der Waals surface area contributed by atoms with E-state index < -0.39 is 41.5 Å². The zero-order valence-corrected chi connectivity index (χ0v) is 16.7. The number of ether oxygens (including phenoxy) is 2. The van der Waals surface area contributed by atoms with E-state index in [0.29, 0.717) is 23.6 Å². The van der Waals surface area contributed by atoms with Crippen molar-refractivity contribution in [1.82, 2.24) is 4.90 Å². The van der Waals surface area contributed by atoms with E-state index in [-0.39, 0.29) is 25.7 Å². The van der Waals surface area contributed by atoms with Gasteiger partial charge in [0.15, 0.2) is 0 Å². The molecule has 3 aliphatic heterocycles. The molecule has 3 heterocycles. The Morgan fingerprint density at radius 2 is 2.10 bits per heavy atom. The lowest BCUT2D eigenvalue weighted by molar-refractivity contribution is -0.154. The molecule has 0 radical (unpaired) electrons. The molecule has 9 heteroatoms. The van der Waals surface area contributed by atoms with Crippen LogP contribution in [0, 0.1) is 11.8 Å². The van der Waals surface area contributed by atoms with Gasteiger partial charge in [-0.15, -0.1) is 0 Å². The molecule has 8 nitrogen and oxygen atoms in total. The van der Waals surface area contributed by atoms with E-state index in [2.05, 4.69) is 5.32 Å². The molecule has 4 rings (SSSR count). The molecule has 3 aliphatic rings. The number of benzene rings is 1. The second kappa shape index (κ2) is 7.59. The molecule has 5 atom stereocenters. The Kier molecular flexibility index (Phi) is 5.27. The average molecular weight is 423 g/mol. The van der Waals surface area contributed by atoms with E-state index in [1.165, 1.54) is 4.90 Å². The van der Waals surface area contributed by atoms with Gasteiger partial charge in [-0.3, -0.25) is 14.4 Å². The molecule has 2 amide bonds. The van der Waals surface area contributed by atoms with Gasteiger partial charge >= 0.3 is 5.97 Å². The Hall–Kier alpha value is -2.16. The van der Waals surface area contributed by atoms with Crippen molar-refractivity contribution in [3.63, 3.8) is 0 Å². The van der Waals surface area contributed by atoms with E-state index in [4.69, 9.17) is 21.1 Å². The molecular weight excluding hydrogens is 400 g/mol. The number of amides is 2. The summed E-state index contributed by atoms with van der Waals surface area (Å²) in [5.41, 5.74) is -0.560.